The van der Waals surface area contributed by atoms with Crippen molar-refractivity contribution in [1.82, 2.24) is 0 Å². The molecule has 0 saturated carbocycles. The molecular weight excluding hydrogens is 283 g/mol. The van der Waals surface area contributed by atoms with Gasteiger partial charge in [-0.05, 0) is 34.5 Å². The van der Waals surface area contributed by atoms with Crippen LogP contribution in [0.1, 0.15) is 32.6 Å². The molecule has 0 N–H and O–H groups in total. The molecule has 0 aliphatic heterocycles. The second-order valence-electron chi connectivity index (χ2n) is 3.42. The van der Waals surface area contributed by atoms with E-state index in [1.165, 1.54) is 36.8 Å². The third-order valence-corrected chi connectivity index (χ3v) is 2.73. The Kier molecular flexibility index (Phi) is 5.92. The standard InChI is InChI=1S/C13H17I/c1-2-7-12(10-6-11-14)13-8-4-3-5-9-13/h3-4,6,8,10-11H,2,5,7,9H2,1H3/b11-6+,12-10+. The van der Waals surface area contributed by atoms with Crippen LogP contribution in [0.15, 0.2) is 45.6 Å². The van der Waals surface area contributed by atoms with E-state index >= 15 is 0 Å². The highest BCUT2D eigenvalue weighted by atomic mass is 127. The molecule has 0 spiro atoms. The highest BCUT2D eigenvalue weighted by Crippen LogP contribution is 2.23. The van der Waals surface area contributed by atoms with Crippen molar-refractivity contribution in [2.45, 2.75) is 32.6 Å². The lowest BCUT2D eigenvalue weighted by molar-refractivity contribution is 0.870. The molecular formula is C13H17I. The average molecular weight is 300 g/mol. The van der Waals surface area contributed by atoms with E-state index in [1.807, 2.05) is 0 Å². The molecule has 0 atom stereocenters. The molecule has 76 valence electrons. The predicted molar refractivity (Wildman–Crippen MR) is 72.6 cm³/mol. The van der Waals surface area contributed by atoms with Crippen molar-refractivity contribution < 1.29 is 0 Å². The summed E-state index contributed by atoms with van der Waals surface area (Å²) in [6, 6.07) is 0. The molecule has 0 saturated heterocycles. The SMILES string of the molecule is CCC/C(=C\C=C\I)C1=CC=CCC1. The Labute approximate surface area is 101 Å². The topological polar surface area (TPSA) is 0 Å². The molecule has 1 aliphatic carbocycles. The van der Waals surface area contributed by atoms with Gasteiger partial charge in [0, 0.05) is 0 Å². The summed E-state index contributed by atoms with van der Waals surface area (Å²) in [5, 5.41) is 0. The summed E-state index contributed by atoms with van der Waals surface area (Å²) in [4.78, 5) is 0. The summed E-state index contributed by atoms with van der Waals surface area (Å²) in [6.07, 6.45) is 15.9. The maximum absolute atomic E-state index is 2.26. The molecule has 0 radical (unpaired) electrons. The van der Waals surface area contributed by atoms with Crippen LogP contribution < -0.4 is 0 Å². The Bertz CT molecular complexity index is 280. The summed E-state index contributed by atoms with van der Waals surface area (Å²) >= 11 is 2.26. The van der Waals surface area contributed by atoms with Crippen LogP contribution >= 0.6 is 22.6 Å². The zero-order valence-electron chi connectivity index (χ0n) is 8.67. The summed E-state index contributed by atoms with van der Waals surface area (Å²) in [6.45, 7) is 2.24. The first-order chi connectivity index (χ1) is 6.88. The summed E-state index contributed by atoms with van der Waals surface area (Å²) < 4.78 is 2.06. The minimum absolute atomic E-state index is 1.20. The predicted octanol–water partition coefficient (Wildman–Crippen LogP) is 4.94. The Morgan fingerprint density at radius 3 is 3.00 bits per heavy atom. The van der Waals surface area contributed by atoms with Gasteiger partial charge < -0.3 is 0 Å². The van der Waals surface area contributed by atoms with Gasteiger partial charge in [0.2, 0.25) is 0 Å². The van der Waals surface area contributed by atoms with E-state index in [0.717, 1.165) is 0 Å². The largest absolute Gasteiger partial charge is 0.0842 e. The minimum atomic E-state index is 1.20. The summed E-state index contributed by atoms with van der Waals surface area (Å²) in [7, 11) is 0. The molecule has 0 amide bonds. The molecule has 14 heavy (non-hydrogen) atoms. The lowest BCUT2D eigenvalue weighted by Crippen LogP contribution is -1.92. The monoisotopic (exact) mass is 300 g/mol. The van der Waals surface area contributed by atoms with E-state index in [4.69, 9.17) is 0 Å². The van der Waals surface area contributed by atoms with E-state index in [-0.39, 0.29) is 0 Å². The van der Waals surface area contributed by atoms with E-state index in [1.54, 1.807) is 0 Å². The van der Waals surface area contributed by atoms with Crippen LogP contribution in [0.5, 0.6) is 0 Å². The molecule has 0 aromatic carbocycles. The van der Waals surface area contributed by atoms with Crippen LogP contribution in [0, 0.1) is 0 Å². The van der Waals surface area contributed by atoms with Crippen LogP contribution in [0.25, 0.3) is 0 Å². The Morgan fingerprint density at radius 1 is 1.57 bits per heavy atom. The molecule has 0 heterocycles. The Morgan fingerprint density at radius 2 is 2.43 bits per heavy atom. The van der Waals surface area contributed by atoms with Crippen LogP contribution in [0.4, 0.5) is 0 Å². The smallest absolute Gasteiger partial charge is 0.0234 e. The van der Waals surface area contributed by atoms with E-state index in [9.17, 15) is 0 Å². The van der Waals surface area contributed by atoms with Gasteiger partial charge >= 0.3 is 0 Å². The maximum Gasteiger partial charge on any atom is -0.0234 e. The van der Waals surface area contributed by atoms with Gasteiger partial charge in [-0.3, -0.25) is 0 Å². The lowest BCUT2D eigenvalue weighted by Gasteiger charge is -2.12. The molecule has 0 aromatic rings. The summed E-state index contributed by atoms with van der Waals surface area (Å²) in [5.74, 6) is 0. The van der Waals surface area contributed by atoms with E-state index in [2.05, 4.69) is 64.0 Å². The first-order valence-electron chi connectivity index (χ1n) is 5.20. The van der Waals surface area contributed by atoms with Crippen molar-refractivity contribution in [2.75, 3.05) is 0 Å². The highest BCUT2D eigenvalue weighted by molar-refractivity contribution is 14.1. The zero-order valence-corrected chi connectivity index (χ0v) is 10.8. The molecule has 1 rings (SSSR count). The van der Waals surface area contributed by atoms with Gasteiger partial charge in [0.25, 0.3) is 0 Å². The van der Waals surface area contributed by atoms with Gasteiger partial charge in [-0.1, -0.05) is 66.3 Å². The number of hydrogen-bond donors (Lipinski definition) is 0. The maximum atomic E-state index is 2.26. The molecule has 0 unspecified atom stereocenters. The minimum Gasteiger partial charge on any atom is -0.0842 e. The number of hydrogen-bond acceptors (Lipinski definition) is 0. The van der Waals surface area contributed by atoms with Crippen molar-refractivity contribution >= 4 is 22.6 Å². The van der Waals surface area contributed by atoms with E-state index < -0.39 is 0 Å². The third kappa shape index (κ3) is 3.82. The second kappa shape index (κ2) is 7.04. The number of allylic oxidation sites excluding steroid dienone is 7. The van der Waals surface area contributed by atoms with Crippen LogP contribution in [0.2, 0.25) is 0 Å². The fourth-order valence-electron chi connectivity index (χ4n) is 1.64. The van der Waals surface area contributed by atoms with Crippen LogP contribution in [-0.4, -0.2) is 0 Å². The van der Waals surface area contributed by atoms with Gasteiger partial charge in [-0.2, -0.15) is 0 Å². The first-order valence-corrected chi connectivity index (χ1v) is 6.45. The van der Waals surface area contributed by atoms with Crippen molar-refractivity contribution in [3.8, 4) is 0 Å². The Hall–Kier alpha value is -0.310. The van der Waals surface area contributed by atoms with Crippen LogP contribution in [-0.2, 0) is 0 Å². The fourth-order valence-corrected chi connectivity index (χ4v) is 1.85. The summed E-state index contributed by atoms with van der Waals surface area (Å²) in [5.41, 5.74) is 3.02. The van der Waals surface area contributed by atoms with Gasteiger partial charge in [0.15, 0.2) is 0 Å². The van der Waals surface area contributed by atoms with Crippen molar-refractivity contribution in [3.63, 3.8) is 0 Å². The molecule has 1 aliphatic rings. The fraction of sp³-hybridized carbons (Fsp3) is 0.385. The van der Waals surface area contributed by atoms with Crippen molar-refractivity contribution in [3.05, 3.63) is 45.6 Å². The van der Waals surface area contributed by atoms with Crippen molar-refractivity contribution in [1.29, 1.82) is 0 Å². The second-order valence-corrected chi connectivity index (χ2v) is 4.14. The van der Waals surface area contributed by atoms with Gasteiger partial charge in [-0.15, -0.1) is 0 Å². The normalized spacial score (nSPS) is 17.6. The van der Waals surface area contributed by atoms with Crippen LogP contribution in [0.3, 0.4) is 0 Å². The third-order valence-electron chi connectivity index (χ3n) is 2.32. The highest BCUT2D eigenvalue weighted by Gasteiger charge is 2.04. The first kappa shape index (κ1) is 11.8. The number of halogens is 1. The molecule has 0 fully saturated rings. The number of rotatable bonds is 4. The molecule has 0 aromatic heterocycles. The molecule has 0 bridgehead atoms. The zero-order chi connectivity index (χ0) is 10.2. The molecule has 1 heteroatoms. The molecule has 0 nitrogen and oxygen atoms in total. The Balaban J connectivity index is 2.75. The average Bonchev–Trinajstić information content (AvgIpc) is 2.25. The van der Waals surface area contributed by atoms with E-state index in [0.29, 0.717) is 0 Å². The van der Waals surface area contributed by atoms with Crippen molar-refractivity contribution in [2.24, 2.45) is 0 Å². The van der Waals surface area contributed by atoms with Gasteiger partial charge in [-0.25, -0.2) is 0 Å². The lowest BCUT2D eigenvalue weighted by atomic mass is 9.94. The van der Waals surface area contributed by atoms with Gasteiger partial charge in [0.1, 0.15) is 0 Å². The van der Waals surface area contributed by atoms with Gasteiger partial charge in [0.05, 0.1) is 0 Å². The quantitative estimate of drug-likeness (QED) is 0.509.